The minimum atomic E-state index is -0.539. The fraction of sp³-hybridized carbons (Fsp3) is 0.873. The first-order valence-electron chi connectivity index (χ1n) is 31.0. The number of carbonyl (C=O) groups is 4. The maximum Gasteiger partial charge on any atom is 0.306 e. The molecule has 4 bridgehead atoms. The van der Waals surface area contributed by atoms with Crippen molar-refractivity contribution in [1.82, 2.24) is 15.1 Å². The molecule has 1 N–H and O–H groups in total. The summed E-state index contributed by atoms with van der Waals surface area (Å²) < 4.78 is 11.8. The maximum atomic E-state index is 14.7. The van der Waals surface area contributed by atoms with Crippen LogP contribution in [0.5, 0.6) is 0 Å². The summed E-state index contributed by atoms with van der Waals surface area (Å²) in [6.07, 6.45) is 51.8. The molecule has 4 aliphatic carbocycles. The predicted octanol–water partition coefficient (Wildman–Crippen LogP) is 16.1. The van der Waals surface area contributed by atoms with E-state index in [9.17, 15) is 19.2 Å². The van der Waals surface area contributed by atoms with Gasteiger partial charge < -0.3 is 24.6 Å². The maximum absolute atomic E-state index is 14.7. The zero-order chi connectivity index (χ0) is 51.9. The number of esters is 2. The van der Waals surface area contributed by atoms with E-state index in [0.29, 0.717) is 69.4 Å². The van der Waals surface area contributed by atoms with Crippen molar-refractivity contribution in [1.29, 1.82) is 0 Å². The van der Waals surface area contributed by atoms with Crippen LogP contribution in [0.1, 0.15) is 284 Å². The lowest BCUT2D eigenvalue weighted by Crippen LogP contribution is -2.63. The van der Waals surface area contributed by atoms with E-state index in [2.05, 4.69) is 69.4 Å². The number of nitrogens with one attached hydrogen (secondary N) is 1. The summed E-state index contributed by atoms with van der Waals surface area (Å²) in [5, 5.41) is 3.66. The van der Waals surface area contributed by atoms with Gasteiger partial charge in [-0.2, -0.15) is 0 Å². The first-order chi connectivity index (χ1) is 35.1. The number of unbranched alkanes of at least 4 members (excludes halogenated alkanes) is 21. The van der Waals surface area contributed by atoms with Gasteiger partial charge in [0.1, 0.15) is 12.1 Å². The Balaban J connectivity index is 1.49. The molecule has 0 radical (unpaired) electrons. The van der Waals surface area contributed by atoms with Gasteiger partial charge >= 0.3 is 11.9 Å². The molecule has 2 amide bonds. The van der Waals surface area contributed by atoms with Crippen LogP contribution in [0.3, 0.4) is 0 Å². The highest BCUT2D eigenvalue weighted by Gasteiger charge is 2.52. The van der Waals surface area contributed by atoms with Crippen LogP contribution in [0.25, 0.3) is 0 Å². The summed E-state index contributed by atoms with van der Waals surface area (Å²) >= 11 is 0. The van der Waals surface area contributed by atoms with Gasteiger partial charge in [0.25, 0.3) is 0 Å². The Bertz CT molecular complexity index is 1430. The molecule has 0 heterocycles. The molecule has 416 valence electrons. The van der Waals surface area contributed by atoms with Crippen LogP contribution in [-0.2, 0) is 28.7 Å². The summed E-state index contributed by atoms with van der Waals surface area (Å²) in [4.78, 5) is 59.0. The van der Waals surface area contributed by atoms with Gasteiger partial charge in [-0.15, -0.1) is 0 Å². The highest BCUT2D eigenvalue weighted by molar-refractivity contribution is 5.88. The molecule has 9 heteroatoms. The highest BCUT2D eigenvalue weighted by atomic mass is 16.5. The van der Waals surface area contributed by atoms with E-state index in [-0.39, 0.29) is 35.4 Å². The largest absolute Gasteiger partial charge is 0.466 e. The molecule has 0 aromatic heterocycles. The molecular formula is C63H113N3O6. The fourth-order valence-corrected chi connectivity index (χ4v) is 12.5. The monoisotopic (exact) mass is 1010 g/mol. The van der Waals surface area contributed by atoms with Crippen molar-refractivity contribution in [2.45, 2.75) is 302 Å². The van der Waals surface area contributed by atoms with E-state index >= 15 is 0 Å². The Hall–Kier alpha value is -2.68. The summed E-state index contributed by atoms with van der Waals surface area (Å²) in [6.45, 7) is 8.50. The molecule has 0 aromatic rings. The second-order valence-electron chi connectivity index (χ2n) is 23.4. The third kappa shape index (κ3) is 29.4. The summed E-state index contributed by atoms with van der Waals surface area (Å²) in [5.41, 5.74) is -0.138. The van der Waals surface area contributed by atoms with Gasteiger partial charge in [0.2, 0.25) is 11.8 Å². The second-order valence-corrected chi connectivity index (χ2v) is 23.4. The minimum absolute atomic E-state index is 0.00960. The number of rotatable bonds is 47. The van der Waals surface area contributed by atoms with Gasteiger partial charge in [-0.25, -0.2) is 0 Å². The van der Waals surface area contributed by atoms with Gasteiger partial charge in [-0.05, 0) is 180 Å². The molecule has 0 aromatic carbocycles. The number of allylic oxidation sites excluding steroid dienone is 4. The Morgan fingerprint density at radius 2 is 1.00 bits per heavy atom. The van der Waals surface area contributed by atoms with E-state index in [0.717, 1.165) is 109 Å². The zero-order valence-electron chi connectivity index (χ0n) is 47.7. The summed E-state index contributed by atoms with van der Waals surface area (Å²) in [6, 6.07) is -0.539. The molecule has 0 spiro atoms. The Labute approximate surface area is 443 Å². The average Bonchev–Trinajstić information content (AvgIpc) is 3.34. The van der Waals surface area contributed by atoms with Crippen LogP contribution in [0.15, 0.2) is 24.3 Å². The van der Waals surface area contributed by atoms with E-state index < -0.39 is 6.04 Å². The molecule has 0 saturated heterocycles. The van der Waals surface area contributed by atoms with Crippen molar-refractivity contribution < 1.29 is 28.7 Å². The van der Waals surface area contributed by atoms with Gasteiger partial charge in [0.15, 0.2) is 0 Å². The number of carbonyl (C=O) groups excluding carboxylic acids is 4. The molecule has 72 heavy (non-hydrogen) atoms. The highest BCUT2D eigenvalue weighted by Crippen LogP contribution is 2.55. The van der Waals surface area contributed by atoms with Gasteiger partial charge in [0.05, 0.1) is 6.61 Å². The van der Waals surface area contributed by atoms with Crippen molar-refractivity contribution in [3.8, 4) is 0 Å². The molecule has 4 aliphatic rings. The normalized spacial score (nSPS) is 19.8. The number of nitrogens with zero attached hydrogens (tertiary/aromatic N) is 2. The Morgan fingerprint density at radius 3 is 1.60 bits per heavy atom. The van der Waals surface area contributed by atoms with Gasteiger partial charge in [0, 0.05) is 31.3 Å². The second kappa shape index (κ2) is 40.6. The Morgan fingerprint density at radius 1 is 0.528 bits per heavy atom. The van der Waals surface area contributed by atoms with Crippen molar-refractivity contribution in [2.24, 2.45) is 17.8 Å². The topological polar surface area (TPSA) is 105 Å². The van der Waals surface area contributed by atoms with Crippen molar-refractivity contribution >= 4 is 23.8 Å². The third-order valence-corrected chi connectivity index (χ3v) is 16.2. The minimum Gasteiger partial charge on any atom is -0.466 e. The number of hydrogen-bond donors (Lipinski definition) is 1. The predicted molar refractivity (Wildman–Crippen MR) is 301 cm³/mol. The molecular weight excluding hydrogens is 895 g/mol. The van der Waals surface area contributed by atoms with Crippen molar-refractivity contribution in [2.75, 3.05) is 33.8 Å². The standard InChI is InChI=1S/C63H113N3O6/c1-6-9-12-15-18-19-20-21-22-23-24-25-26-29-34-43-60(68)71-47-37-30-33-41-58(62(70)64-63-51-54-48-55(52-63)50-56(49-54)53-63)66(46-38-45-65(4)5)59(67)42-35-36-44-61(69)72-57(39-31-27-16-13-10-7-2)40-32-28-17-14-11-8-3/h18-19,21-22,54-58H,6-17,20,23-53H2,1-5H3,(H,64,70)/b19-18-,22-21-. The lowest BCUT2D eigenvalue weighted by Gasteiger charge is -2.57. The van der Waals surface area contributed by atoms with Crippen LogP contribution in [-0.4, -0.2) is 85.0 Å². The van der Waals surface area contributed by atoms with Gasteiger partial charge in [-0.3, -0.25) is 19.2 Å². The average molecular weight is 1010 g/mol. The molecule has 9 nitrogen and oxygen atoms in total. The van der Waals surface area contributed by atoms with Crippen LogP contribution in [0.2, 0.25) is 0 Å². The van der Waals surface area contributed by atoms with E-state index in [4.69, 9.17) is 9.47 Å². The molecule has 1 atom stereocenters. The Kier molecular flexibility index (Phi) is 35.9. The van der Waals surface area contributed by atoms with E-state index in [1.54, 1.807) is 0 Å². The first-order valence-corrected chi connectivity index (χ1v) is 31.0. The summed E-state index contributed by atoms with van der Waals surface area (Å²) in [5.74, 6) is 1.91. The number of hydrogen-bond acceptors (Lipinski definition) is 7. The first kappa shape index (κ1) is 63.6. The summed E-state index contributed by atoms with van der Waals surface area (Å²) in [7, 11) is 4.11. The molecule has 0 aliphatic heterocycles. The van der Waals surface area contributed by atoms with Crippen molar-refractivity contribution in [3.05, 3.63) is 24.3 Å². The molecule has 4 rings (SSSR count). The SMILES string of the molecule is CCCCC/C=C\C/C=C\CCCCCCCC(=O)OCCCCCC(C(=O)NC12CC3CC(CC(C3)C1)C2)N(CCCN(C)C)C(=O)CCCCC(=O)OC(CCCCCCCC)CCCCCCCC. The lowest BCUT2D eigenvalue weighted by atomic mass is 9.53. The van der Waals surface area contributed by atoms with Crippen molar-refractivity contribution in [3.63, 3.8) is 0 Å². The smallest absolute Gasteiger partial charge is 0.306 e. The lowest BCUT2D eigenvalue weighted by molar-refractivity contribution is -0.150. The van der Waals surface area contributed by atoms with Crippen LogP contribution in [0.4, 0.5) is 0 Å². The fourth-order valence-electron chi connectivity index (χ4n) is 12.5. The van der Waals surface area contributed by atoms with Gasteiger partial charge in [-0.1, -0.05) is 148 Å². The third-order valence-electron chi connectivity index (χ3n) is 16.2. The number of amides is 2. The molecule has 4 saturated carbocycles. The quantitative estimate of drug-likeness (QED) is 0.0368. The number of ether oxygens (including phenoxy) is 2. The molecule has 1 unspecified atom stereocenters. The van der Waals surface area contributed by atoms with E-state index in [1.165, 1.54) is 122 Å². The zero-order valence-corrected chi connectivity index (χ0v) is 47.7. The van der Waals surface area contributed by atoms with Crippen LogP contribution < -0.4 is 5.32 Å². The van der Waals surface area contributed by atoms with Crippen LogP contribution in [0, 0.1) is 17.8 Å². The van der Waals surface area contributed by atoms with Crippen LogP contribution >= 0.6 is 0 Å². The molecule has 4 fully saturated rings. The van der Waals surface area contributed by atoms with E-state index in [1.807, 2.05) is 4.90 Å².